The predicted octanol–water partition coefficient (Wildman–Crippen LogP) is 1.06. The largest absolute Gasteiger partial charge is 0.386 e. The van der Waals surface area contributed by atoms with Crippen molar-refractivity contribution in [1.82, 2.24) is 0 Å². The summed E-state index contributed by atoms with van der Waals surface area (Å²) < 4.78 is 0. The number of nitrogens with zero attached hydrogens (tertiary/aromatic N) is 1. The maximum atomic E-state index is 10.3. The van der Waals surface area contributed by atoms with Gasteiger partial charge < -0.3 is 5.11 Å². The second-order valence-corrected chi connectivity index (χ2v) is 3.00. The molecule has 0 aliphatic carbocycles. The van der Waals surface area contributed by atoms with Crippen LogP contribution in [0.15, 0.2) is 0 Å². The lowest BCUT2D eigenvalue weighted by atomic mass is 9.98. The Labute approximate surface area is 66.4 Å². The zero-order valence-electron chi connectivity index (χ0n) is 7.15. The van der Waals surface area contributed by atoms with Gasteiger partial charge in [-0.1, -0.05) is 20.8 Å². The van der Waals surface area contributed by atoms with Gasteiger partial charge in [0.05, 0.1) is 0 Å². The molecule has 4 nitrogen and oxygen atoms in total. The molecule has 1 N–H and O–H groups in total. The van der Waals surface area contributed by atoms with Gasteiger partial charge in [0.2, 0.25) is 6.04 Å². The van der Waals surface area contributed by atoms with Gasteiger partial charge in [-0.25, -0.2) is 0 Å². The van der Waals surface area contributed by atoms with Crippen molar-refractivity contribution in [3.05, 3.63) is 10.1 Å². The summed E-state index contributed by atoms with van der Waals surface area (Å²) in [6, 6.07) is -0.810. The Hall–Kier alpha value is -0.640. The molecule has 0 aliphatic heterocycles. The molecule has 0 saturated carbocycles. The van der Waals surface area contributed by atoms with Crippen LogP contribution in [0.5, 0.6) is 0 Å². The molecule has 0 amide bonds. The highest BCUT2D eigenvalue weighted by Crippen LogP contribution is 2.11. The van der Waals surface area contributed by atoms with Crippen LogP contribution in [0.3, 0.4) is 0 Å². The lowest BCUT2D eigenvalue weighted by Gasteiger charge is -2.17. The minimum atomic E-state index is -0.824. The number of nitro groups is 1. The molecule has 2 atom stereocenters. The average molecular weight is 161 g/mol. The molecule has 0 aromatic rings. The molecule has 4 heteroatoms. The fourth-order valence-electron chi connectivity index (χ4n) is 0.960. The van der Waals surface area contributed by atoms with E-state index in [1.165, 1.54) is 0 Å². The molecule has 0 aliphatic rings. The summed E-state index contributed by atoms with van der Waals surface area (Å²) in [5, 5.41) is 19.6. The Morgan fingerprint density at radius 3 is 2.09 bits per heavy atom. The van der Waals surface area contributed by atoms with Gasteiger partial charge in [-0.05, 0) is 5.92 Å². The van der Waals surface area contributed by atoms with E-state index in [4.69, 9.17) is 0 Å². The Morgan fingerprint density at radius 2 is 2.00 bits per heavy atom. The molecule has 66 valence electrons. The normalized spacial score (nSPS) is 16.5. The van der Waals surface area contributed by atoms with Crippen LogP contribution in [-0.4, -0.2) is 22.2 Å². The van der Waals surface area contributed by atoms with Crippen LogP contribution >= 0.6 is 0 Å². The number of aliphatic hydroxyl groups excluding tert-OH is 1. The van der Waals surface area contributed by atoms with Crippen molar-refractivity contribution in [3.63, 3.8) is 0 Å². The first-order valence-corrected chi connectivity index (χ1v) is 3.82. The van der Waals surface area contributed by atoms with Gasteiger partial charge in [-0.2, -0.15) is 0 Å². The van der Waals surface area contributed by atoms with Gasteiger partial charge in [0.1, 0.15) is 6.10 Å². The van der Waals surface area contributed by atoms with Crippen molar-refractivity contribution >= 4 is 0 Å². The van der Waals surface area contributed by atoms with E-state index < -0.39 is 17.1 Å². The van der Waals surface area contributed by atoms with Crippen LogP contribution in [-0.2, 0) is 0 Å². The molecule has 0 rings (SSSR count). The molecule has 0 unspecified atom stereocenters. The highest BCUT2D eigenvalue weighted by atomic mass is 16.6. The van der Waals surface area contributed by atoms with Crippen molar-refractivity contribution in [2.75, 3.05) is 0 Å². The van der Waals surface area contributed by atoms with Gasteiger partial charge >= 0.3 is 0 Å². The van der Waals surface area contributed by atoms with Crippen LogP contribution < -0.4 is 0 Å². The number of rotatable bonds is 4. The molecule has 0 aromatic heterocycles. The molecule has 0 bridgehead atoms. The van der Waals surface area contributed by atoms with E-state index in [0.29, 0.717) is 6.42 Å². The predicted molar refractivity (Wildman–Crippen MR) is 41.9 cm³/mol. The third kappa shape index (κ3) is 2.84. The zero-order valence-corrected chi connectivity index (χ0v) is 7.15. The summed E-state index contributed by atoms with van der Waals surface area (Å²) >= 11 is 0. The van der Waals surface area contributed by atoms with Crippen LogP contribution in [0.2, 0.25) is 0 Å². The lowest BCUT2D eigenvalue weighted by Crippen LogP contribution is -2.36. The smallest absolute Gasteiger partial charge is 0.238 e. The van der Waals surface area contributed by atoms with Gasteiger partial charge in [0.15, 0.2) is 0 Å². The highest BCUT2D eigenvalue weighted by Gasteiger charge is 2.29. The SMILES string of the molecule is CC[C@@H]([C@@H](O)C(C)C)[N+](=O)[O-]. The summed E-state index contributed by atoms with van der Waals surface area (Å²) in [4.78, 5) is 9.91. The van der Waals surface area contributed by atoms with Crippen molar-refractivity contribution in [2.24, 2.45) is 5.92 Å². The monoisotopic (exact) mass is 161 g/mol. The zero-order chi connectivity index (χ0) is 9.02. The second kappa shape index (κ2) is 4.28. The number of hydrogen-bond donors (Lipinski definition) is 1. The lowest BCUT2D eigenvalue weighted by molar-refractivity contribution is -0.536. The summed E-state index contributed by atoms with van der Waals surface area (Å²) in [6.07, 6.45) is -0.443. The van der Waals surface area contributed by atoms with Gasteiger partial charge in [-0.3, -0.25) is 10.1 Å². The van der Waals surface area contributed by atoms with E-state index in [2.05, 4.69) is 0 Å². The van der Waals surface area contributed by atoms with Crippen molar-refractivity contribution < 1.29 is 10.0 Å². The Bertz CT molecular complexity index is 136. The van der Waals surface area contributed by atoms with Crippen LogP contribution in [0.4, 0.5) is 0 Å². The average Bonchev–Trinajstić information content (AvgIpc) is 1.88. The van der Waals surface area contributed by atoms with Crippen molar-refractivity contribution in [2.45, 2.75) is 39.3 Å². The topological polar surface area (TPSA) is 63.4 Å². The third-order valence-corrected chi connectivity index (χ3v) is 1.77. The molecule has 0 radical (unpaired) electrons. The van der Waals surface area contributed by atoms with E-state index in [0.717, 1.165) is 0 Å². The highest BCUT2D eigenvalue weighted by molar-refractivity contribution is 4.69. The van der Waals surface area contributed by atoms with E-state index in [1.807, 2.05) is 0 Å². The molecule has 11 heavy (non-hydrogen) atoms. The van der Waals surface area contributed by atoms with Crippen molar-refractivity contribution in [1.29, 1.82) is 0 Å². The van der Waals surface area contributed by atoms with Crippen LogP contribution in [0, 0.1) is 16.0 Å². The second-order valence-electron chi connectivity index (χ2n) is 3.00. The third-order valence-electron chi connectivity index (χ3n) is 1.77. The van der Waals surface area contributed by atoms with Crippen LogP contribution in [0.25, 0.3) is 0 Å². The Morgan fingerprint density at radius 1 is 1.55 bits per heavy atom. The standard InChI is InChI=1S/C7H15NO3/c1-4-6(8(10)11)7(9)5(2)3/h5-7,9H,4H2,1-3H3/t6-,7-/m0/s1. The Balaban J connectivity index is 4.14. The Kier molecular flexibility index (Phi) is 4.03. The molecule has 0 spiro atoms. The molecular formula is C7H15NO3. The summed E-state index contributed by atoms with van der Waals surface area (Å²) in [6.45, 7) is 5.26. The number of hydrogen-bond acceptors (Lipinski definition) is 3. The van der Waals surface area contributed by atoms with E-state index in [9.17, 15) is 15.2 Å². The summed E-state index contributed by atoms with van der Waals surface area (Å²) in [5.41, 5.74) is 0. The van der Waals surface area contributed by atoms with Gasteiger partial charge in [-0.15, -0.1) is 0 Å². The summed E-state index contributed by atoms with van der Waals surface area (Å²) in [5.74, 6) is -0.0506. The minimum Gasteiger partial charge on any atom is -0.386 e. The molecular weight excluding hydrogens is 146 g/mol. The molecule has 0 aromatic carbocycles. The first-order valence-electron chi connectivity index (χ1n) is 3.82. The molecule has 0 saturated heterocycles. The molecule has 0 heterocycles. The fourth-order valence-corrected chi connectivity index (χ4v) is 0.960. The van der Waals surface area contributed by atoms with Gasteiger partial charge in [0.25, 0.3) is 0 Å². The molecule has 0 fully saturated rings. The quantitative estimate of drug-likeness (QED) is 0.495. The van der Waals surface area contributed by atoms with Crippen LogP contribution in [0.1, 0.15) is 27.2 Å². The fraction of sp³-hybridized carbons (Fsp3) is 1.00. The van der Waals surface area contributed by atoms with Gasteiger partial charge in [0, 0.05) is 11.3 Å². The van der Waals surface area contributed by atoms with E-state index >= 15 is 0 Å². The first kappa shape index (κ1) is 10.4. The maximum absolute atomic E-state index is 10.3. The number of aliphatic hydroxyl groups is 1. The first-order chi connectivity index (χ1) is 5.00. The summed E-state index contributed by atoms with van der Waals surface area (Å²) in [7, 11) is 0. The van der Waals surface area contributed by atoms with E-state index in [1.54, 1.807) is 20.8 Å². The van der Waals surface area contributed by atoms with Crippen molar-refractivity contribution in [3.8, 4) is 0 Å². The minimum absolute atomic E-state index is 0.0506. The maximum Gasteiger partial charge on any atom is 0.238 e. The van der Waals surface area contributed by atoms with E-state index in [-0.39, 0.29) is 5.92 Å².